The summed E-state index contributed by atoms with van der Waals surface area (Å²) in [5, 5.41) is 2.62. The largest absolute Gasteiger partial charge is 0.444 e. The molecule has 3 rings (SSSR count). The molecule has 1 aliphatic heterocycles. The van der Waals surface area contributed by atoms with E-state index in [-0.39, 0.29) is 34.4 Å². The second kappa shape index (κ2) is 11.0. The van der Waals surface area contributed by atoms with Gasteiger partial charge in [0.1, 0.15) is 18.8 Å². The molecule has 0 radical (unpaired) electrons. The van der Waals surface area contributed by atoms with Gasteiger partial charge in [-0.3, -0.25) is 19.8 Å². The number of nitrogens with zero attached hydrogens (tertiary/aromatic N) is 1. The van der Waals surface area contributed by atoms with Gasteiger partial charge in [-0.05, 0) is 38.5 Å². The highest BCUT2D eigenvalue weighted by molar-refractivity contribution is 6.38. The number of hydrogen-bond acceptors (Lipinski definition) is 7. The van der Waals surface area contributed by atoms with Gasteiger partial charge in [0.05, 0.1) is 22.7 Å². The minimum Gasteiger partial charge on any atom is -0.444 e. The van der Waals surface area contributed by atoms with E-state index in [2.05, 4.69) is 5.32 Å². The van der Waals surface area contributed by atoms with Gasteiger partial charge in [-0.25, -0.2) is 9.59 Å². The lowest BCUT2D eigenvalue weighted by molar-refractivity contribution is -0.140. The van der Waals surface area contributed by atoms with Crippen LogP contribution in [0.5, 0.6) is 0 Å². The number of nitrogens with one attached hydrogen (secondary N) is 1. The lowest BCUT2D eigenvalue weighted by atomic mass is 10.0. The Bertz CT molecular complexity index is 1130. The van der Waals surface area contributed by atoms with Crippen molar-refractivity contribution in [3.05, 3.63) is 63.6 Å². The van der Waals surface area contributed by atoms with E-state index < -0.39 is 42.2 Å². The predicted octanol–water partition coefficient (Wildman–Crippen LogP) is 5.43. The number of Topliss-reactive ketones (excluding diaryl/α,β-unsaturated/α-hetero) is 1. The van der Waals surface area contributed by atoms with E-state index in [0.29, 0.717) is 0 Å². The van der Waals surface area contributed by atoms with Gasteiger partial charge in [-0.1, -0.05) is 53.5 Å². The molecular weight excluding hydrogens is 499 g/mol. The lowest BCUT2D eigenvalue weighted by Gasteiger charge is -2.22. The average Bonchev–Trinajstić information content (AvgIpc) is 3.10. The van der Waals surface area contributed by atoms with Crippen LogP contribution >= 0.6 is 23.2 Å². The molecule has 0 saturated carbocycles. The maximum absolute atomic E-state index is 13.2. The SMILES string of the molecule is CC(C)(C)OC(=O)Nc1cc(Cl)cc(Cl)c1C(=O)CC1OC(=O)CN1C(=O)OCc1ccccc1. The lowest BCUT2D eigenvalue weighted by Crippen LogP contribution is -2.38. The Labute approximate surface area is 212 Å². The fraction of sp³-hybridized carbons (Fsp3) is 0.333. The van der Waals surface area contributed by atoms with Gasteiger partial charge in [0.2, 0.25) is 0 Å². The molecule has 2 amide bonds. The van der Waals surface area contributed by atoms with Gasteiger partial charge in [0, 0.05) is 5.02 Å². The highest BCUT2D eigenvalue weighted by atomic mass is 35.5. The molecule has 1 atom stereocenters. The maximum atomic E-state index is 13.2. The molecular formula is C24H24Cl2N2O7. The molecule has 35 heavy (non-hydrogen) atoms. The Kier molecular flexibility index (Phi) is 8.24. The normalized spacial score (nSPS) is 15.4. The first-order chi connectivity index (χ1) is 16.4. The summed E-state index contributed by atoms with van der Waals surface area (Å²) < 4.78 is 15.7. The number of hydrogen-bond donors (Lipinski definition) is 1. The van der Waals surface area contributed by atoms with Gasteiger partial charge in [-0.2, -0.15) is 0 Å². The van der Waals surface area contributed by atoms with Gasteiger partial charge in [-0.15, -0.1) is 0 Å². The summed E-state index contributed by atoms with van der Waals surface area (Å²) in [7, 11) is 0. The van der Waals surface area contributed by atoms with Gasteiger partial charge >= 0.3 is 18.2 Å². The van der Waals surface area contributed by atoms with Crippen LogP contribution in [0.15, 0.2) is 42.5 Å². The maximum Gasteiger partial charge on any atom is 0.413 e. The van der Waals surface area contributed by atoms with Crippen LogP contribution in [-0.4, -0.2) is 47.2 Å². The van der Waals surface area contributed by atoms with E-state index >= 15 is 0 Å². The Morgan fingerprint density at radius 2 is 1.83 bits per heavy atom. The van der Waals surface area contributed by atoms with E-state index in [4.69, 9.17) is 37.4 Å². The van der Waals surface area contributed by atoms with E-state index in [1.165, 1.54) is 12.1 Å². The van der Waals surface area contributed by atoms with Crippen LogP contribution in [0.3, 0.4) is 0 Å². The Hall–Kier alpha value is -3.30. The molecule has 0 bridgehead atoms. The fourth-order valence-corrected chi connectivity index (χ4v) is 3.86. The highest BCUT2D eigenvalue weighted by Crippen LogP contribution is 2.32. The summed E-state index contributed by atoms with van der Waals surface area (Å²) in [6, 6.07) is 11.7. The number of benzene rings is 2. The number of anilines is 1. The summed E-state index contributed by atoms with van der Waals surface area (Å²) in [5.41, 5.74) is -0.0765. The molecule has 1 heterocycles. The summed E-state index contributed by atoms with van der Waals surface area (Å²) in [6.07, 6.45) is -3.26. The zero-order chi connectivity index (χ0) is 25.8. The number of cyclic esters (lactones) is 1. The number of rotatable bonds is 6. The van der Waals surface area contributed by atoms with Gasteiger partial charge < -0.3 is 14.2 Å². The third-order valence-electron chi connectivity index (χ3n) is 4.68. The molecule has 186 valence electrons. The molecule has 1 unspecified atom stereocenters. The Balaban J connectivity index is 1.75. The number of ether oxygens (including phenoxy) is 3. The van der Waals surface area contributed by atoms with Gasteiger partial charge in [0.25, 0.3) is 0 Å². The van der Waals surface area contributed by atoms with E-state index in [9.17, 15) is 19.2 Å². The first-order valence-corrected chi connectivity index (χ1v) is 11.4. The zero-order valence-corrected chi connectivity index (χ0v) is 20.8. The molecule has 0 aliphatic carbocycles. The molecule has 0 aromatic heterocycles. The van der Waals surface area contributed by atoms with Crippen LogP contribution in [0, 0.1) is 0 Å². The average molecular weight is 523 g/mol. The van der Waals surface area contributed by atoms with Crippen molar-refractivity contribution in [3.8, 4) is 0 Å². The van der Waals surface area contributed by atoms with Gasteiger partial charge in [0.15, 0.2) is 12.0 Å². The number of carbonyl (C=O) groups is 4. The van der Waals surface area contributed by atoms with E-state index in [1.807, 2.05) is 6.07 Å². The van der Waals surface area contributed by atoms with Crippen molar-refractivity contribution >= 4 is 52.8 Å². The third kappa shape index (κ3) is 7.34. The zero-order valence-electron chi connectivity index (χ0n) is 19.3. The molecule has 0 spiro atoms. The second-order valence-corrected chi connectivity index (χ2v) is 9.52. The number of halogens is 2. The monoisotopic (exact) mass is 522 g/mol. The first-order valence-electron chi connectivity index (χ1n) is 10.6. The van der Waals surface area contributed by atoms with Crippen LogP contribution in [-0.2, 0) is 25.6 Å². The fourth-order valence-electron chi connectivity index (χ4n) is 3.26. The van der Waals surface area contributed by atoms with Crippen molar-refractivity contribution in [1.29, 1.82) is 0 Å². The Morgan fingerprint density at radius 1 is 1.14 bits per heavy atom. The number of amides is 2. The standard InChI is InChI=1S/C24H24Cl2N2O7/c1-24(2,3)35-22(31)27-17-10-15(25)9-16(26)21(17)18(29)11-19-28(12-20(30)34-19)23(32)33-13-14-7-5-4-6-8-14/h4-10,19H,11-13H2,1-3H3,(H,27,31). The van der Waals surface area contributed by atoms with Crippen LogP contribution in [0.25, 0.3) is 0 Å². The van der Waals surface area contributed by atoms with Crippen molar-refractivity contribution < 1.29 is 33.4 Å². The summed E-state index contributed by atoms with van der Waals surface area (Å²) in [5.74, 6) is -1.29. The summed E-state index contributed by atoms with van der Waals surface area (Å²) in [6.45, 7) is 4.66. The second-order valence-electron chi connectivity index (χ2n) is 8.68. The van der Waals surface area contributed by atoms with Crippen LogP contribution in [0.2, 0.25) is 10.0 Å². The molecule has 9 nitrogen and oxygen atoms in total. The van der Waals surface area contributed by atoms with Crippen molar-refractivity contribution in [2.24, 2.45) is 0 Å². The quantitative estimate of drug-likeness (QED) is 0.305. The molecule has 2 aromatic carbocycles. The topological polar surface area (TPSA) is 111 Å². The van der Waals surface area contributed by atoms with Crippen LogP contribution < -0.4 is 5.32 Å². The van der Waals surface area contributed by atoms with E-state index in [1.54, 1.807) is 45.0 Å². The van der Waals surface area contributed by atoms with E-state index in [0.717, 1.165) is 10.5 Å². The molecule has 2 aromatic rings. The minimum absolute atomic E-state index is 0.0159. The highest BCUT2D eigenvalue weighted by Gasteiger charge is 2.39. The molecule has 1 saturated heterocycles. The summed E-state index contributed by atoms with van der Waals surface area (Å²) in [4.78, 5) is 51.0. The molecule has 1 fully saturated rings. The smallest absolute Gasteiger partial charge is 0.413 e. The number of carbonyl (C=O) groups excluding carboxylic acids is 4. The van der Waals surface area contributed by atoms with Crippen molar-refractivity contribution in [1.82, 2.24) is 4.90 Å². The minimum atomic E-state index is -1.21. The molecule has 1 aliphatic rings. The van der Waals surface area contributed by atoms with Crippen LogP contribution in [0.1, 0.15) is 43.1 Å². The first kappa shape index (κ1) is 26.3. The predicted molar refractivity (Wildman–Crippen MR) is 128 cm³/mol. The van der Waals surface area contributed by atoms with Crippen LogP contribution in [0.4, 0.5) is 15.3 Å². The van der Waals surface area contributed by atoms with Crippen molar-refractivity contribution in [2.75, 3.05) is 11.9 Å². The molecule has 11 heteroatoms. The Morgan fingerprint density at radius 3 is 2.49 bits per heavy atom. The number of esters is 1. The summed E-state index contributed by atoms with van der Waals surface area (Å²) >= 11 is 12.3. The molecule has 1 N–H and O–H groups in total. The number of ketones is 1. The third-order valence-corrected chi connectivity index (χ3v) is 5.20. The van der Waals surface area contributed by atoms with Crippen molar-refractivity contribution in [2.45, 2.75) is 45.6 Å². The van der Waals surface area contributed by atoms with Crippen molar-refractivity contribution in [3.63, 3.8) is 0 Å².